The second-order valence-electron chi connectivity index (χ2n) is 7.07. The van der Waals surface area contributed by atoms with Crippen molar-refractivity contribution in [3.63, 3.8) is 0 Å². The molecule has 5 nitrogen and oxygen atoms in total. The largest absolute Gasteiger partial charge is 0.478 e. The number of hydrogen-bond donors (Lipinski definition) is 1. The van der Waals surface area contributed by atoms with Crippen LogP contribution in [0.1, 0.15) is 44.7 Å². The lowest BCUT2D eigenvalue weighted by Crippen LogP contribution is -2.44. The molecule has 2 aromatic carbocycles. The first-order valence-corrected chi connectivity index (χ1v) is 9.06. The molecule has 2 aromatic rings. The molecule has 1 amide bonds. The minimum atomic E-state index is -1.03. The molecule has 0 spiro atoms. The van der Waals surface area contributed by atoms with Gasteiger partial charge in [0, 0.05) is 32.2 Å². The lowest BCUT2D eigenvalue weighted by molar-refractivity contribution is 0.0580. The summed E-state index contributed by atoms with van der Waals surface area (Å²) in [5.74, 6) is -1.16. The number of aromatic carboxylic acids is 1. The number of carbonyl (C=O) groups is 2. The van der Waals surface area contributed by atoms with E-state index in [0.29, 0.717) is 12.1 Å². The molecule has 26 heavy (non-hydrogen) atoms. The Morgan fingerprint density at radius 3 is 2.46 bits per heavy atom. The first-order valence-electron chi connectivity index (χ1n) is 9.06. The Labute approximate surface area is 152 Å². The van der Waals surface area contributed by atoms with E-state index in [-0.39, 0.29) is 17.5 Å². The molecule has 5 heteroatoms. The molecule has 2 aliphatic rings. The van der Waals surface area contributed by atoms with Crippen LogP contribution in [0.2, 0.25) is 0 Å². The van der Waals surface area contributed by atoms with E-state index in [0.717, 1.165) is 38.0 Å². The number of likely N-dealkylation sites (tertiary alicyclic amines) is 1. The zero-order valence-corrected chi connectivity index (χ0v) is 14.6. The second-order valence-corrected chi connectivity index (χ2v) is 7.07. The number of carboxylic acids is 1. The first kappa shape index (κ1) is 16.8. The van der Waals surface area contributed by atoms with E-state index in [9.17, 15) is 14.7 Å². The number of rotatable bonds is 4. The lowest BCUT2D eigenvalue weighted by atomic mass is 10.0. The van der Waals surface area contributed by atoms with Crippen LogP contribution in [0.5, 0.6) is 0 Å². The second kappa shape index (κ2) is 6.92. The maximum absolute atomic E-state index is 12.8. The Morgan fingerprint density at radius 1 is 1.04 bits per heavy atom. The highest BCUT2D eigenvalue weighted by Crippen LogP contribution is 2.31. The Balaban J connectivity index is 1.42. The minimum Gasteiger partial charge on any atom is -0.478 e. The number of fused-ring (bicyclic) bond motifs is 1. The number of nitrogens with zero attached hydrogens (tertiary/aromatic N) is 2. The molecule has 0 radical (unpaired) electrons. The van der Waals surface area contributed by atoms with Crippen LogP contribution in [-0.2, 0) is 13.1 Å². The fourth-order valence-electron chi connectivity index (χ4n) is 4.09. The average molecular weight is 350 g/mol. The smallest absolute Gasteiger partial charge is 0.336 e. The summed E-state index contributed by atoms with van der Waals surface area (Å²) < 4.78 is 0. The van der Waals surface area contributed by atoms with Crippen LogP contribution >= 0.6 is 0 Å². The number of piperidine rings is 1. The van der Waals surface area contributed by atoms with Gasteiger partial charge in [0.1, 0.15) is 0 Å². The third kappa shape index (κ3) is 3.10. The zero-order valence-electron chi connectivity index (χ0n) is 14.6. The van der Waals surface area contributed by atoms with Crippen molar-refractivity contribution in [1.29, 1.82) is 0 Å². The van der Waals surface area contributed by atoms with Crippen molar-refractivity contribution in [2.75, 3.05) is 13.1 Å². The summed E-state index contributed by atoms with van der Waals surface area (Å²) in [5, 5.41) is 9.36. The number of amides is 1. The SMILES string of the molecule is O=C(O)c1cccc2c1C(=O)N(C1CCN(Cc3ccccc3)CC1)C2. The predicted molar refractivity (Wildman–Crippen MR) is 98.0 cm³/mol. The van der Waals surface area contributed by atoms with Crippen LogP contribution in [0.3, 0.4) is 0 Å². The van der Waals surface area contributed by atoms with Gasteiger partial charge >= 0.3 is 5.97 Å². The van der Waals surface area contributed by atoms with Gasteiger partial charge in [-0.1, -0.05) is 42.5 Å². The fourth-order valence-corrected chi connectivity index (χ4v) is 4.09. The van der Waals surface area contributed by atoms with Gasteiger partial charge in [-0.2, -0.15) is 0 Å². The summed E-state index contributed by atoms with van der Waals surface area (Å²) in [7, 11) is 0. The summed E-state index contributed by atoms with van der Waals surface area (Å²) in [6, 6.07) is 15.7. The molecule has 2 aliphatic heterocycles. The average Bonchev–Trinajstić information content (AvgIpc) is 3.00. The van der Waals surface area contributed by atoms with E-state index >= 15 is 0 Å². The molecule has 0 saturated carbocycles. The van der Waals surface area contributed by atoms with Crippen LogP contribution in [0.4, 0.5) is 0 Å². The van der Waals surface area contributed by atoms with Crippen molar-refractivity contribution in [1.82, 2.24) is 9.80 Å². The Morgan fingerprint density at radius 2 is 1.77 bits per heavy atom. The number of hydrogen-bond acceptors (Lipinski definition) is 3. The molecular weight excluding hydrogens is 328 g/mol. The van der Waals surface area contributed by atoms with Gasteiger partial charge in [-0.05, 0) is 30.0 Å². The van der Waals surface area contributed by atoms with Gasteiger partial charge in [-0.3, -0.25) is 9.69 Å². The van der Waals surface area contributed by atoms with Gasteiger partial charge in [0.05, 0.1) is 11.1 Å². The van der Waals surface area contributed by atoms with Gasteiger partial charge in [0.15, 0.2) is 0 Å². The summed E-state index contributed by atoms with van der Waals surface area (Å²) in [6.07, 6.45) is 1.85. The van der Waals surface area contributed by atoms with Crippen LogP contribution in [-0.4, -0.2) is 45.9 Å². The number of carboxylic acid groups (broad SMARTS) is 1. The quantitative estimate of drug-likeness (QED) is 0.921. The highest BCUT2D eigenvalue weighted by molar-refractivity contribution is 6.07. The van der Waals surface area contributed by atoms with Crippen molar-refractivity contribution in [3.8, 4) is 0 Å². The van der Waals surface area contributed by atoms with Crippen molar-refractivity contribution in [2.24, 2.45) is 0 Å². The molecule has 134 valence electrons. The number of benzene rings is 2. The number of carbonyl (C=O) groups excluding carboxylic acids is 1. The zero-order chi connectivity index (χ0) is 18.1. The standard InChI is InChI=1S/C21H22N2O3/c24-20-19-16(7-4-8-18(19)21(25)26)14-23(20)17-9-11-22(12-10-17)13-15-5-2-1-3-6-15/h1-8,17H,9-14H2,(H,25,26). The monoisotopic (exact) mass is 350 g/mol. The van der Waals surface area contributed by atoms with E-state index in [2.05, 4.69) is 29.2 Å². The van der Waals surface area contributed by atoms with Crippen LogP contribution in [0.25, 0.3) is 0 Å². The summed E-state index contributed by atoms with van der Waals surface area (Å²) >= 11 is 0. The third-order valence-corrected chi connectivity index (χ3v) is 5.44. The molecule has 1 saturated heterocycles. The van der Waals surface area contributed by atoms with Gasteiger partial charge < -0.3 is 10.0 Å². The van der Waals surface area contributed by atoms with Crippen molar-refractivity contribution < 1.29 is 14.7 Å². The van der Waals surface area contributed by atoms with Gasteiger partial charge in [0.25, 0.3) is 5.91 Å². The maximum Gasteiger partial charge on any atom is 0.336 e. The molecule has 0 aromatic heterocycles. The maximum atomic E-state index is 12.8. The van der Waals surface area contributed by atoms with Crippen LogP contribution < -0.4 is 0 Å². The Kier molecular flexibility index (Phi) is 4.47. The van der Waals surface area contributed by atoms with E-state index < -0.39 is 5.97 Å². The summed E-state index contributed by atoms with van der Waals surface area (Å²) in [6.45, 7) is 3.36. The first-order chi connectivity index (χ1) is 12.6. The minimum absolute atomic E-state index is 0.122. The molecule has 2 heterocycles. The molecule has 0 unspecified atom stereocenters. The predicted octanol–water partition coefficient (Wildman–Crippen LogP) is 3.01. The molecular formula is C21H22N2O3. The normalized spacial score (nSPS) is 18.2. The Bertz CT molecular complexity index is 826. The van der Waals surface area contributed by atoms with E-state index in [1.807, 2.05) is 17.0 Å². The molecule has 4 rings (SSSR count). The van der Waals surface area contributed by atoms with Crippen LogP contribution in [0.15, 0.2) is 48.5 Å². The third-order valence-electron chi connectivity index (χ3n) is 5.44. The highest BCUT2D eigenvalue weighted by Gasteiger charge is 2.36. The van der Waals surface area contributed by atoms with E-state index in [1.54, 1.807) is 6.07 Å². The molecule has 0 atom stereocenters. The van der Waals surface area contributed by atoms with Gasteiger partial charge in [0.2, 0.25) is 0 Å². The van der Waals surface area contributed by atoms with Crippen molar-refractivity contribution >= 4 is 11.9 Å². The Hall–Kier alpha value is -2.66. The fraction of sp³-hybridized carbons (Fsp3) is 0.333. The molecule has 1 N–H and O–H groups in total. The van der Waals surface area contributed by atoms with E-state index in [1.165, 1.54) is 11.6 Å². The van der Waals surface area contributed by atoms with Crippen LogP contribution in [0, 0.1) is 0 Å². The molecule has 0 aliphatic carbocycles. The summed E-state index contributed by atoms with van der Waals surface area (Å²) in [4.78, 5) is 28.6. The highest BCUT2D eigenvalue weighted by atomic mass is 16.4. The van der Waals surface area contributed by atoms with Crippen molar-refractivity contribution in [3.05, 3.63) is 70.8 Å². The topological polar surface area (TPSA) is 60.9 Å². The van der Waals surface area contributed by atoms with E-state index in [4.69, 9.17) is 0 Å². The lowest BCUT2D eigenvalue weighted by Gasteiger charge is -2.36. The van der Waals surface area contributed by atoms with Gasteiger partial charge in [-0.15, -0.1) is 0 Å². The molecule has 0 bridgehead atoms. The van der Waals surface area contributed by atoms with Gasteiger partial charge in [-0.25, -0.2) is 4.79 Å². The molecule has 1 fully saturated rings. The summed E-state index contributed by atoms with van der Waals surface area (Å²) in [5.41, 5.74) is 2.64. The van der Waals surface area contributed by atoms with Crippen molar-refractivity contribution in [2.45, 2.75) is 32.0 Å².